The normalized spacial score (nSPS) is 13.5. The Labute approximate surface area is 141 Å². The summed E-state index contributed by atoms with van der Waals surface area (Å²) >= 11 is 0. The molecule has 1 aliphatic carbocycles. The maximum Gasteiger partial charge on any atom is 0.212 e. The summed E-state index contributed by atoms with van der Waals surface area (Å²) in [7, 11) is 1.62. The number of rotatable bonds is 5. The Morgan fingerprint density at radius 2 is 1.71 bits per heavy atom. The molecule has 0 saturated heterocycles. The first-order chi connectivity index (χ1) is 11.8. The van der Waals surface area contributed by atoms with Gasteiger partial charge in [0.25, 0.3) is 0 Å². The van der Waals surface area contributed by atoms with Gasteiger partial charge in [-0.25, -0.2) is 9.97 Å². The highest BCUT2D eigenvalue weighted by Crippen LogP contribution is 2.34. The van der Waals surface area contributed by atoms with Gasteiger partial charge in [-0.05, 0) is 30.5 Å². The zero-order valence-corrected chi connectivity index (χ0v) is 13.6. The highest BCUT2D eigenvalue weighted by atomic mass is 16.5. The zero-order chi connectivity index (χ0) is 16.4. The van der Waals surface area contributed by atoms with Crippen LogP contribution in [0.5, 0.6) is 5.88 Å². The number of pyridine rings is 2. The summed E-state index contributed by atoms with van der Waals surface area (Å²) in [6.45, 7) is 0. The number of ether oxygens (including phenoxy) is 1. The smallest absolute Gasteiger partial charge is 0.212 e. The maximum atomic E-state index is 5.16. The van der Waals surface area contributed by atoms with Crippen LogP contribution < -0.4 is 10.1 Å². The molecule has 4 rings (SSSR count). The van der Waals surface area contributed by atoms with Crippen LogP contribution in [0.2, 0.25) is 0 Å². The molecule has 4 nitrogen and oxygen atoms in total. The van der Waals surface area contributed by atoms with Crippen LogP contribution in [-0.4, -0.2) is 23.1 Å². The zero-order valence-electron chi connectivity index (χ0n) is 13.6. The summed E-state index contributed by atoms with van der Waals surface area (Å²) < 4.78 is 5.16. The molecule has 0 atom stereocenters. The van der Waals surface area contributed by atoms with Gasteiger partial charge in [0.2, 0.25) is 5.88 Å². The molecule has 1 fully saturated rings. The number of nitrogens with zero attached hydrogens (tertiary/aromatic N) is 2. The predicted octanol–water partition coefficient (Wildman–Crippen LogP) is 4.39. The number of hydrogen-bond donors (Lipinski definition) is 1. The third-order valence-electron chi connectivity index (χ3n) is 4.17. The summed E-state index contributed by atoms with van der Waals surface area (Å²) in [6.07, 6.45) is 6.19. The SMILES string of the molecule is COc1ccc(-c2cc(-c3ccccc3)cnc2NC2CC2)cn1. The summed E-state index contributed by atoms with van der Waals surface area (Å²) in [5.41, 5.74) is 4.36. The van der Waals surface area contributed by atoms with E-state index < -0.39 is 0 Å². The maximum absolute atomic E-state index is 5.16. The minimum atomic E-state index is 0.546. The molecule has 2 heterocycles. The molecule has 24 heavy (non-hydrogen) atoms. The average Bonchev–Trinajstić information content (AvgIpc) is 3.47. The lowest BCUT2D eigenvalue weighted by molar-refractivity contribution is 0.398. The topological polar surface area (TPSA) is 47.0 Å². The van der Waals surface area contributed by atoms with E-state index >= 15 is 0 Å². The Balaban J connectivity index is 1.77. The second-order valence-corrected chi connectivity index (χ2v) is 5.99. The molecule has 3 aromatic rings. The molecular weight excluding hydrogens is 298 g/mol. The Bertz CT molecular complexity index is 827. The summed E-state index contributed by atoms with van der Waals surface area (Å²) in [5.74, 6) is 1.53. The summed E-state index contributed by atoms with van der Waals surface area (Å²) in [4.78, 5) is 9.02. The van der Waals surface area contributed by atoms with Crippen LogP contribution in [0.4, 0.5) is 5.82 Å². The minimum absolute atomic E-state index is 0.546. The van der Waals surface area contributed by atoms with E-state index in [1.807, 2.05) is 42.7 Å². The predicted molar refractivity (Wildman–Crippen MR) is 96.1 cm³/mol. The van der Waals surface area contributed by atoms with Crippen LogP contribution >= 0.6 is 0 Å². The molecular formula is C20H19N3O. The molecule has 1 saturated carbocycles. The van der Waals surface area contributed by atoms with Crippen molar-refractivity contribution in [3.8, 4) is 28.1 Å². The lowest BCUT2D eigenvalue weighted by atomic mass is 10.0. The number of methoxy groups -OCH3 is 1. The largest absolute Gasteiger partial charge is 0.481 e. The van der Waals surface area contributed by atoms with Crippen LogP contribution in [-0.2, 0) is 0 Å². The summed E-state index contributed by atoms with van der Waals surface area (Å²) in [6, 6.07) is 16.9. The molecule has 1 aromatic carbocycles. The van der Waals surface area contributed by atoms with E-state index in [1.165, 1.54) is 12.8 Å². The molecule has 0 radical (unpaired) electrons. The van der Waals surface area contributed by atoms with E-state index in [1.54, 1.807) is 7.11 Å². The molecule has 120 valence electrons. The van der Waals surface area contributed by atoms with Gasteiger partial charge in [0.05, 0.1) is 7.11 Å². The van der Waals surface area contributed by atoms with Crippen molar-refractivity contribution in [1.82, 2.24) is 9.97 Å². The van der Waals surface area contributed by atoms with Gasteiger partial charge in [-0.3, -0.25) is 0 Å². The van der Waals surface area contributed by atoms with Crippen LogP contribution in [0.3, 0.4) is 0 Å². The van der Waals surface area contributed by atoms with Gasteiger partial charge in [0.1, 0.15) is 5.82 Å². The molecule has 1 N–H and O–H groups in total. The standard InChI is InChI=1S/C20H19N3O/c1-24-19-10-7-15(12-21-19)18-11-16(14-5-3-2-4-6-14)13-22-20(18)23-17-8-9-17/h2-7,10-13,17H,8-9H2,1H3,(H,22,23). The monoisotopic (exact) mass is 317 g/mol. The first kappa shape index (κ1) is 14.7. The van der Waals surface area contributed by atoms with Crippen molar-refractivity contribution in [2.45, 2.75) is 18.9 Å². The number of aromatic nitrogens is 2. The van der Waals surface area contributed by atoms with Gasteiger partial charge in [-0.2, -0.15) is 0 Å². The van der Waals surface area contributed by atoms with E-state index in [4.69, 9.17) is 4.74 Å². The Morgan fingerprint density at radius 3 is 2.38 bits per heavy atom. The molecule has 0 aliphatic heterocycles. The minimum Gasteiger partial charge on any atom is -0.481 e. The fourth-order valence-corrected chi connectivity index (χ4v) is 2.67. The fourth-order valence-electron chi connectivity index (χ4n) is 2.67. The molecule has 4 heteroatoms. The second kappa shape index (κ2) is 6.32. The van der Waals surface area contributed by atoms with Crippen molar-refractivity contribution in [2.75, 3.05) is 12.4 Å². The Morgan fingerprint density at radius 1 is 0.917 bits per heavy atom. The average molecular weight is 317 g/mol. The quantitative estimate of drug-likeness (QED) is 0.758. The van der Waals surface area contributed by atoms with E-state index in [-0.39, 0.29) is 0 Å². The summed E-state index contributed by atoms with van der Waals surface area (Å²) in [5, 5.41) is 3.52. The number of benzene rings is 1. The molecule has 2 aromatic heterocycles. The van der Waals surface area contributed by atoms with E-state index in [0.717, 1.165) is 28.1 Å². The number of anilines is 1. The van der Waals surface area contributed by atoms with Gasteiger partial charge in [0.15, 0.2) is 0 Å². The van der Waals surface area contributed by atoms with Crippen molar-refractivity contribution in [3.05, 3.63) is 60.9 Å². The van der Waals surface area contributed by atoms with Gasteiger partial charge in [-0.15, -0.1) is 0 Å². The van der Waals surface area contributed by atoms with Gasteiger partial charge < -0.3 is 10.1 Å². The van der Waals surface area contributed by atoms with Crippen molar-refractivity contribution in [3.63, 3.8) is 0 Å². The first-order valence-electron chi connectivity index (χ1n) is 8.16. The van der Waals surface area contributed by atoms with Crippen molar-refractivity contribution >= 4 is 5.82 Å². The van der Waals surface area contributed by atoms with Crippen LogP contribution in [0.15, 0.2) is 60.9 Å². The third-order valence-corrected chi connectivity index (χ3v) is 4.17. The fraction of sp³-hybridized carbons (Fsp3) is 0.200. The Hall–Kier alpha value is -2.88. The van der Waals surface area contributed by atoms with Gasteiger partial charge >= 0.3 is 0 Å². The third kappa shape index (κ3) is 3.08. The van der Waals surface area contributed by atoms with E-state index in [0.29, 0.717) is 11.9 Å². The lowest BCUT2D eigenvalue weighted by Crippen LogP contribution is -2.05. The molecule has 0 spiro atoms. The Kier molecular flexibility index (Phi) is 3.87. The molecule has 0 unspecified atom stereocenters. The molecule has 1 aliphatic rings. The van der Waals surface area contributed by atoms with E-state index in [2.05, 4.69) is 33.5 Å². The highest BCUT2D eigenvalue weighted by molar-refractivity contribution is 5.80. The van der Waals surface area contributed by atoms with Crippen LogP contribution in [0, 0.1) is 0 Å². The lowest BCUT2D eigenvalue weighted by Gasteiger charge is -2.13. The van der Waals surface area contributed by atoms with Crippen LogP contribution in [0.1, 0.15) is 12.8 Å². The highest BCUT2D eigenvalue weighted by Gasteiger charge is 2.23. The van der Waals surface area contributed by atoms with Crippen molar-refractivity contribution in [2.24, 2.45) is 0 Å². The van der Waals surface area contributed by atoms with Crippen molar-refractivity contribution in [1.29, 1.82) is 0 Å². The molecule has 0 amide bonds. The second-order valence-electron chi connectivity index (χ2n) is 5.99. The first-order valence-corrected chi connectivity index (χ1v) is 8.16. The molecule has 0 bridgehead atoms. The van der Waals surface area contributed by atoms with Gasteiger partial charge in [0, 0.05) is 41.2 Å². The van der Waals surface area contributed by atoms with Crippen molar-refractivity contribution < 1.29 is 4.74 Å². The van der Waals surface area contributed by atoms with Gasteiger partial charge in [-0.1, -0.05) is 30.3 Å². The number of hydrogen-bond acceptors (Lipinski definition) is 4. The number of nitrogens with one attached hydrogen (secondary N) is 1. The van der Waals surface area contributed by atoms with Crippen LogP contribution in [0.25, 0.3) is 22.3 Å². The van der Waals surface area contributed by atoms with E-state index in [9.17, 15) is 0 Å².